The number of ether oxygens (including phenoxy) is 1. The first-order chi connectivity index (χ1) is 13.8. The molecular weight excluding hydrogens is 403 g/mol. The molecule has 5 nitrogen and oxygen atoms in total. The lowest BCUT2D eigenvalue weighted by Crippen LogP contribution is -2.18. The van der Waals surface area contributed by atoms with Crippen molar-refractivity contribution in [3.05, 3.63) is 70.2 Å². The number of rotatable bonds is 6. The number of hydrogen-bond acceptors (Lipinski definition) is 6. The molecule has 0 N–H and O–H groups in total. The summed E-state index contributed by atoms with van der Waals surface area (Å²) in [6, 6.07) is 14.4. The van der Waals surface area contributed by atoms with Gasteiger partial charge < -0.3 is 9.64 Å². The zero-order valence-corrected chi connectivity index (χ0v) is 15.9. The van der Waals surface area contributed by atoms with Crippen molar-refractivity contribution in [2.75, 3.05) is 4.90 Å². The number of hydrogen-bond donors (Lipinski definition) is 0. The lowest BCUT2D eigenvalue weighted by atomic mass is 10.1. The zero-order chi connectivity index (χ0) is 21.0. The number of carbonyl (C=O) groups excluding carboxylic acids is 1. The second-order valence-electron chi connectivity index (χ2n) is 5.99. The van der Waals surface area contributed by atoms with Crippen LogP contribution in [0, 0.1) is 18.3 Å². The van der Waals surface area contributed by atoms with Crippen LogP contribution < -0.4 is 9.64 Å². The first-order valence-electron chi connectivity index (χ1n) is 8.34. The van der Waals surface area contributed by atoms with Crippen molar-refractivity contribution < 1.29 is 22.7 Å². The molecule has 3 rings (SSSR count). The van der Waals surface area contributed by atoms with Crippen molar-refractivity contribution in [1.82, 2.24) is 4.98 Å². The molecular formula is C20H14F3N3O2S. The summed E-state index contributed by atoms with van der Waals surface area (Å²) in [5.74, 6) is -0.306. The van der Waals surface area contributed by atoms with Crippen molar-refractivity contribution in [3.8, 4) is 11.8 Å². The van der Waals surface area contributed by atoms with Crippen LogP contribution in [-0.4, -0.2) is 17.6 Å². The third-order valence-electron chi connectivity index (χ3n) is 3.97. The predicted molar refractivity (Wildman–Crippen MR) is 102 cm³/mol. The van der Waals surface area contributed by atoms with Gasteiger partial charge in [-0.1, -0.05) is 12.1 Å². The molecule has 1 aromatic heterocycles. The standard InChI is InChI=1S/C20H14F3N3O2S/c1-13-18(12-27)25-19(29-13)26(16-6-2-14(10-24)3-7-16)11-15-4-8-17(9-5-15)28-20(21,22)23/h2-9,12H,11H2,1H3. The molecule has 0 spiro atoms. The number of nitrogens with zero attached hydrogens (tertiary/aromatic N) is 3. The molecule has 3 aromatic rings. The Morgan fingerprint density at radius 2 is 1.83 bits per heavy atom. The van der Waals surface area contributed by atoms with Gasteiger partial charge in [-0.15, -0.1) is 24.5 Å². The highest BCUT2D eigenvalue weighted by Crippen LogP contribution is 2.33. The molecule has 9 heteroatoms. The highest BCUT2D eigenvalue weighted by atomic mass is 32.1. The molecule has 148 valence electrons. The molecule has 0 fully saturated rings. The number of benzene rings is 2. The molecule has 29 heavy (non-hydrogen) atoms. The van der Waals surface area contributed by atoms with Gasteiger partial charge in [0.15, 0.2) is 11.4 Å². The summed E-state index contributed by atoms with van der Waals surface area (Å²) >= 11 is 1.33. The summed E-state index contributed by atoms with van der Waals surface area (Å²) in [7, 11) is 0. The van der Waals surface area contributed by atoms with Crippen molar-refractivity contribution >= 4 is 28.4 Å². The van der Waals surface area contributed by atoms with Gasteiger partial charge >= 0.3 is 6.36 Å². The van der Waals surface area contributed by atoms with Gasteiger partial charge in [-0.05, 0) is 48.9 Å². The van der Waals surface area contributed by atoms with Gasteiger partial charge in [0, 0.05) is 10.6 Å². The van der Waals surface area contributed by atoms with E-state index in [1.807, 2.05) is 11.0 Å². The number of halogens is 3. The number of thiazole rings is 1. The lowest BCUT2D eigenvalue weighted by molar-refractivity contribution is -0.274. The van der Waals surface area contributed by atoms with Gasteiger partial charge in [0.2, 0.25) is 0 Å². The fraction of sp³-hybridized carbons (Fsp3) is 0.150. The van der Waals surface area contributed by atoms with Gasteiger partial charge in [-0.25, -0.2) is 4.98 Å². The summed E-state index contributed by atoms with van der Waals surface area (Å²) < 4.78 is 40.9. The third kappa shape index (κ3) is 5.12. The number of aldehydes is 1. The van der Waals surface area contributed by atoms with Crippen LogP contribution in [0.4, 0.5) is 24.0 Å². The Morgan fingerprint density at radius 3 is 2.34 bits per heavy atom. The van der Waals surface area contributed by atoms with Gasteiger partial charge in [-0.3, -0.25) is 4.79 Å². The smallest absolute Gasteiger partial charge is 0.406 e. The van der Waals surface area contributed by atoms with Crippen molar-refractivity contribution in [2.45, 2.75) is 19.8 Å². The van der Waals surface area contributed by atoms with E-state index in [4.69, 9.17) is 5.26 Å². The lowest BCUT2D eigenvalue weighted by Gasteiger charge is -2.22. The average molecular weight is 417 g/mol. The van der Waals surface area contributed by atoms with Crippen molar-refractivity contribution in [2.24, 2.45) is 0 Å². The molecule has 0 unspecified atom stereocenters. The third-order valence-corrected chi connectivity index (χ3v) is 4.98. The van der Waals surface area contributed by atoms with E-state index in [0.717, 1.165) is 10.6 Å². The Hall–Kier alpha value is -3.38. The van der Waals surface area contributed by atoms with E-state index < -0.39 is 6.36 Å². The molecule has 2 aromatic carbocycles. The van der Waals surface area contributed by atoms with E-state index in [0.29, 0.717) is 34.8 Å². The molecule has 0 aliphatic rings. The topological polar surface area (TPSA) is 66.2 Å². The molecule has 0 amide bonds. The first-order valence-corrected chi connectivity index (χ1v) is 9.15. The maximum atomic E-state index is 12.3. The van der Waals surface area contributed by atoms with Crippen LogP contribution in [0.2, 0.25) is 0 Å². The monoisotopic (exact) mass is 417 g/mol. The Kier molecular flexibility index (Phi) is 5.84. The Balaban J connectivity index is 1.92. The second-order valence-corrected chi connectivity index (χ2v) is 7.17. The van der Waals surface area contributed by atoms with Crippen LogP contribution in [-0.2, 0) is 6.54 Å². The minimum atomic E-state index is -4.75. The van der Waals surface area contributed by atoms with Crippen LogP contribution in [0.1, 0.15) is 26.5 Å². The number of aryl methyl sites for hydroxylation is 1. The fourth-order valence-corrected chi connectivity index (χ4v) is 3.48. The van der Waals surface area contributed by atoms with E-state index in [2.05, 4.69) is 9.72 Å². The maximum Gasteiger partial charge on any atom is 0.573 e. The average Bonchev–Trinajstić information content (AvgIpc) is 3.07. The number of aromatic nitrogens is 1. The first kappa shape index (κ1) is 20.4. The van der Waals surface area contributed by atoms with Crippen molar-refractivity contribution in [1.29, 1.82) is 5.26 Å². The summed E-state index contributed by atoms with van der Waals surface area (Å²) in [4.78, 5) is 18.1. The maximum absolute atomic E-state index is 12.3. The summed E-state index contributed by atoms with van der Waals surface area (Å²) in [6.45, 7) is 2.08. The van der Waals surface area contributed by atoms with Gasteiger partial charge in [0.05, 0.1) is 18.2 Å². The quantitative estimate of drug-likeness (QED) is 0.504. The Bertz CT molecular complexity index is 1040. The Labute approximate surface area is 168 Å². The number of alkyl halides is 3. The van der Waals surface area contributed by atoms with Crippen LogP contribution >= 0.6 is 11.3 Å². The minimum absolute atomic E-state index is 0.295. The predicted octanol–water partition coefficient (Wildman–Crippen LogP) is 5.37. The van der Waals surface area contributed by atoms with Gasteiger partial charge in [0.25, 0.3) is 0 Å². The fourth-order valence-electron chi connectivity index (χ4n) is 2.58. The van der Waals surface area contributed by atoms with Crippen LogP contribution in [0.15, 0.2) is 48.5 Å². The van der Waals surface area contributed by atoms with Gasteiger partial charge in [0.1, 0.15) is 11.4 Å². The van der Waals surface area contributed by atoms with Crippen LogP contribution in [0.3, 0.4) is 0 Å². The molecule has 0 aliphatic heterocycles. The number of anilines is 2. The Morgan fingerprint density at radius 1 is 1.17 bits per heavy atom. The number of carbonyl (C=O) groups is 1. The molecule has 0 saturated heterocycles. The highest BCUT2D eigenvalue weighted by Gasteiger charge is 2.31. The molecule has 0 saturated carbocycles. The second kappa shape index (κ2) is 8.32. The number of nitriles is 1. The van der Waals surface area contributed by atoms with E-state index in [-0.39, 0.29) is 5.75 Å². The summed E-state index contributed by atoms with van der Waals surface area (Å²) in [6.07, 6.45) is -4.07. The summed E-state index contributed by atoms with van der Waals surface area (Å²) in [5, 5.41) is 9.55. The molecule has 0 atom stereocenters. The molecule has 1 heterocycles. The SMILES string of the molecule is Cc1sc(N(Cc2ccc(OC(F)(F)F)cc2)c2ccc(C#N)cc2)nc1C=O. The summed E-state index contributed by atoms with van der Waals surface area (Å²) in [5.41, 5.74) is 2.26. The van der Waals surface area contributed by atoms with E-state index in [1.165, 1.54) is 35.6 Å². The van der Waals surface area contributed by atoms with E-state index in [1.54, 1.807) is 31.2 Å². The van der Waals surface area contributed by atoms with Gasteiger partial charge in [-0.2, -0.15) is 5.26 Å². The van der Waals surface area contributed by atoms with E-state index >= 15 is 0 Å². The minimum Gasteiger partial charge on any atom is -0.406 e. The normalized spacial score (nSPS) is 11.0. The van der Waals surface area contributed by atoms with Crippen LogP contribution in [0.5, 0.6) is 5.75 Å². The molecule has 0 bridgehead atoms. The molecule has 0 radical (unpaired) electrons. The largest absolute Gasteiger partial charge is 0.573 e. The zero-order valence-electron chi connectivity index (χ0n) is 15.1. The highest BCUT2D eigenvalue weighted by molar-refractivity contribution is 7.15. The molecule has 0 aliphatic carbocycles. The van der Waals surface area contributed by atoms with E-state index in [9.17, 15) is 18.0 Å². The van der Waals surface area contributed by atoms with Crippen LogP contribution in [0.25, 0.3) is 0 Å². The van der Waals surface area contributed by atoms with Crippen molar-refractivity contribution in [3.63, 3.8) is 0 Å².